The number of aryl methyl sites for hydroxylation is 2. The smallest absolute Gasteiger partial charge is 0.204 e. The van der Waals surface area contributed by atoms with E-state index in [4.69, 9.17) is 14.2 Å². The van der Waals surface area contributed by atoms with Crippen molar-refractivity contribution in [1.82, 2.24) is 0 Å². The van der Waals surface area contributed by atoms with Crippen molar-refractivity contribution >= 4 is 17.1 Å². The Bertz CT molecular complexity index is 673. The molecule has 112 valence electrons. The van der Waals surface area contributed by atoms with E-state index in [1.54, 1.807) is 30.6 Å². The molecule has 0 bridgehead atoms. The van der Waals surface area contributed by atoms with Crippen LogP contribution in [0.1, 0.15) is 25.7 Å². The van der Waals surface area contributed by atoms with Gasteiger partial charge in [0.05, 0.1) is 26.9 Å². The van der Waals surface area contributed by atoms with Crippen molar-refractivity contribution in [3.05, 3.63) is 39.1 Å². The van der Waals surface area contributed by atoms with Gasteiger partial charge in [-0.3, -0.25) is 4.79 Å². The van der Waals surface area contributed by atoms with Crippen LogP contribution in [0.5, 0.6) is 17.2 Å². The lowest BCUT2D eigenvalue weighted by molar-refractivity contribution is 0.103. The van der Waals surface area contributed by atoms with Gasteiger partial charge in [0.2, 0.25) is 5.75 Å². The zero-order valence-corrected chi connectivity index (χ0v) is 13.6. The molecule has 0 fully saturated rings. The SMILES string of the molecule is COc1ccc(C(=O)c2cc(C)sc2C)c(OC)c1OC. The summed E-state index contributed by atoms with van der Waals surface area (Å²) in [7, 11) is 4.58. The number of benzene rings is 1. The van der Waals surface area contributed by atoms with Crippen molar-refractivity contribution in [3.8, 4) is 17.2 Å². The zero-order valence-electron chi connectivity index (χ0n) is 12.8. The molecular weight excluding hydrogens is 288 g/mol. The van der Waals surface area contributed by atoms with E-state index in [2.05, 4.69) is 0 Å². The second kappa shape index (κ2) is 6.18. The summed E-state index contributed by atoms with van der Waals surface area (Å²) in [6.07, 6.45) is 0. The van der Waals surface area contributed by atoms with Gasteiger partial charge in [0.25, 0.3) is 0 Å². The summed E-state index contributed by atoms with van der Waals surface area (Å²) >= 11 is 1.61. The van der Waals surface area contributed by atoms with Gasteiger partial charge in [0.15, 0.2) is 17.3 Å². The van der Waals surface area contributed by atoms with Crippen LogP contribution in [0.3, 0.4) is 0 Å². The molecule has 0 aliphatic heterocycles. The Morgan fingerprint density at radius 3 is 2.10 bits per heavy atom. The van der Waals surface area contributed by atoms with Gasteiger partial charge in [0.1, 0.15) is 0 Å². The monoisotopic (exact) mass is 306 g/mol. The van der Waals surface area contributed by atoms with Crippen molar-refractivity contribution in [1.29, 1.82) is 0 Å². The molecule has 21 heavy (non-hydrogen) atoms. The number of hydrogen-bond donors (Lipinski definition) is 0. The third-order valence-electron chi connectivity index (χ3n) is 3.23. The molecule has 0 radical (unpaired) electrons. The van der Waals surface area contributed by atoms with Gasteiger partial charge in [-0.15, -0.1) is 11.3 Å². The number of methoxy groups -OCH3 is 3. The molecule has 2 aromatic rings. The molecule has 1 heterocycles. The molecule has 4 nitrogen and oxygen atoms in total. The predicted molar refractivity (Wildman–Crippen MR) is 83.3 cm³/mol. The maximum Gasteiger partial charge on any atom is 0.204 e. The van der Waals surface area contributed by atoms with E-state index < -0.39 is 0 Å². The number of carbonyl (C=O) groups excluding carboxylic acids is 1. The summed E-state index contributed by atoms with van der Waals surface area (Å²) in [5.41, 5.74) is 1.17. The van der Waals surface area contributed by atoms with E-state index in [9.17, 15) is 4.79 Å². The van der Waals surface area contributed by atoms with Crippen LogP contribution in [0.2, 0.25) is 0 Å². The van der Waals surface area contributed by atoms with Crippen molar-refractivity contribution in [2.75, 3.05) is 21.3 Å². The van der Waals surface area contributed by atoms with E-state index in [0.29, 0.717) is 28.4 Å². The highest BCUT2D eigenvalue weighted by Crippen LogP contribution is 2.41. The first-order chi connectivity index (χ1) is 10.0. The highest BCUT2D eigenvalue weighted by molar-refractivity contribution is 7.12. The lowest BCUT2D eigenvalue weighted by Gasteiger charge is -2.15. The fourth-order valence-electron chi connectivity index (χ4n) is 2.28. The van der Waals surface area contributed by atoms with Gasteiger partial charge in [-0.2, -0.15) is 0 Å². The Kier molecular flexibility index (Phi) is 4.53. The van der Waals surface area contributed by atoms with Gasteiger partial charge < -0.3 is 14.2 Å². The maximum absolute atomic E-state index is 12.8. The van der Waals surface area contributed by atoms with Crippen LogP contribution >= 0.6 is 11.3 Å². The van der Waals surface area contributed by atoms with E-state index >= 15 is 0 Å². The van der Waals surface area contributed by atoms with E-state index in [1.165, 1.54) is 14.2 Å². The Hall–Kier alpha value is -2.01. The molecule has 0 aliphatic rings. The third-order valence-corrected chi connectivity index (χ3v) is 4.20. The summed E-state index contributed by atoms with van der Waals surface area (Å²) in [6, 6.07) is 5.32. The lowest BCUT2D eigenvalue weighted by atomic mass is 10.0. The molecular formula is C16H18O4S. The first kappa shape index (κ1) is 15.4. The van der Waals surface area contributed by atoms with Crippen LogP contribution in [-0.4, -0.2) is 27.1 Å². The quantitative estimate of drug-likeness (QED) is 0.791. The van der Waals surface area contributed by atoms with E-state index in [1.807, 2.05) is 19.9 Å². The average Bonchev–Trinajstić information content (AvgIpc) is 2.83. The summed E-state index contributed by atoms with van der Waals surface area (Å²) in [4.78, 5) is 14.9. The van der Waals surface area contributed by atoms with Gasteiger partial charge >= 0.3 is 0 Å². The van der Waals surface area contributed by atoms with E-state index in [-0.39, 0.29) is 5.78 Å². The molecule has 0 saturated heterocycles. The lowest BCUT2D eigenvalue weighted by Crippen LogP contribution is -2.06. The minimum absolute atomic E-state index is 0.0744. The summed E-state index contributed by atoms with van der Waals surface area (Å²) in [6.45, 7) is 3.93. The molecule has 1 aromatic heterocycles. The molecule has 5 heteroatoms. The summed E-state index contributed by atoms with van der Waals surface area (Å²) in [5.74, 6) is 1.28. The maximum atomic E-state index is 12.8. The first-order valence-electron chi connectivity index (χ1n) is 6.44. The Morgan fingerprint density at radius 1 is 0.952 bits per heavy atom. The molecule has 2 rings (SSSR count). The second-order valence-electron chi connectivity index (χ2n) is 4.54. The van der Waals surface area contributed by atoms with Gasteiger partial charge in [0, 0.05) is 15.3 Å². The zero-order chi connectivity index (χ0) is 15.6. The molecule has 0 unspecified atom stereocenters. The molecule has 0 aliphatic carbocycles. The predicted octanol–water partition coefficient (Wildman–Crippen LogP) is 3.62. The normalized spacial score (nSPS) is 10.3. The molecule has 0 atom stereocenters. The van der Waals surface area contributed by atoms with E-state index in [0.717, 1.165) is 9.75 Å². The molecule has 0 spiro atoms. The second-order valence-corrected chi connectivity index (χ2v) is 6.00. The van der Waals surface area contributed by atoms with Gasteiger partial charge in [-0.25, -0.2) is 0 Å². The Morgan fingerprint density at radius 2 is 1.62 bits per heavy atom. The summed E-state index contributed by atoms with van der Waals surface area (Å²) < 4.78 is 15.9. The average molecular weight is 306 g/mol. The first-order valence-corrected chi connectivity index (χ1v) is 7.25. The van der Waals surface area contributed by atoms with Crippen LogP contribution in [0.15, 0.2) is 18.2 Å². The fourth-order valence-corrected chi connectivity index (χ4v) is 3.20. The Labute approximate surface area is 128 Å². The van der Waals surface area contributed by atoms with Crippen LogP contribution in [-0.2, 0) is 0 Å². The fraction of sp³-hybridized carbons (Fsp3) is 0.312. The van der Waals surface area contributed by atoms with Crippen molar-refractivity contribution < 1.29 is 19.0 Å². The van der Waals surface area contributed by atoms with Gasteiger partial charge in [-0.1, -0.05) is 0 Å². The minimum Gasteiger partial charge on any atom is -0.493 e. The summed E-state index contributed by atoms with van der Waals surface area (Å²) in [5, 5.41) is 0. The number of rotatable bonds is 5. The number of ether oxygens (including phenoxy) is 3. The van der Waals surface area contributed by atoms with Crippen molar-refractivity contribution in [2.45, 2.75) is 13.8 Å². The minimum atomic E-state index is -0.0744. The van der Waals surface area contributed by atoms with Crippen LogP contribution in [0.25, 0.3) is 0 Å². The number of ketones is 1. The van der Waals surface area contributed by atoms with Crippen LogP contribution < -0.4 is 14.2 Å². The third kappa shape index (κ3) is 2.74. The highest BCUT2D eigenvalue weighted by Gasteiger charge is 2.23. The van der Waals surface area contributed by atoms with Crippen molar-refractivity contribution in [2.24, 2.45) is 0 Å². The van der Waals surface area contributed by atoms with Crippen LogP contribution in [0.4, 0.5) is 0 Å². The van der Waals surface area contributed by atoms with Crippen LogP contribution in [0, 0.1) is 13.8 Å². The largest absolute Gasteiger partial charge is 0.493 e. The topological polar surface area (TPSA) is 44.8 Å². The molecule has 1 aromatic carbocycles. The molecule has 0 amide bonds. The Balaban J connectivity index is 2.58. The van der Waals surface area contributed by atoms with Gasteiger partial charge in [-0.05, 0) is 32.0 Å². The number of hydrogen-bond acceptors (Lipinski definition) is 5. The standard InChI is InChI=1S/C16H18O4S/c1-9-8-12(10(2)21-9)14(17)11-6-7-13(18-3)16(20-5)15(11)19-4/h6-8H,1-5H3. The molecule has 0 N–H and O–H groups in total. The highest BCUT2D eigenvalue weighted by atomic mass is 32.1. The number of thiophene rings is 1. The number of carbonyl (C=O) groups is 1. The molecule has 0 saturated carbocycles. The van der Waals surface area contributed by atoms with Crippen molar-refractivity contribution in [3.63, 3.8) is 0 Å².